The Morgan fingerprint density at radius 1 is 0.906 bits per heavy atom. The Bertz CT molecular complexity index is 1020. The summed E-state index contributed by atoms with van der Waals surface area (Å²) in [6.07, 6.45) is 0.822. The van der Waals surface area contributed by atoms with Gasteiger partial charge in [-0.2, -0.15) is 4.31 Å². The molecule has 1 aliphatic rings. The molecule has 3 rings (SSSR count). The van der Waals surface area contributed by atoms with E-state index in [9.17, 15) is 18.0 Å². The smallest absolute Gasteiger partial charge is 0.347 e. The number of para-hydroxylation sites is 1. The van der Waals surface area contributed by atoms with Crippen molar-refractivity contribution < 1.29 is 27.5 Å². The predicted molar refractivity (Wildman–Crippen MR) is 120 cm³/mol. The third kappa shape index (κ3) is 6.08. The number of piperidine rings is 1. The van der Waals surface area contributed by atoms with Crippen LogP contribution in [0, 0.1) is 0 Å². The molecule has 1 fully saturated rings. The highest BCUT2D eigenvalue weighted by Gasteiger charge is 2.26. The number of nitrogens with zero attached hydrogens (tertiary/aromatic N) is 1. The van der Waals surface area contributed by atoms with Crippen LogP contribution in [-0.2, 0) is 24.3 Å². The first-order valence-corrected chi connectivity index (χ1v) is 12.0. The highest BCUT2D eigenvalue weighted by atomic mass is 32.2. The van der Waals surface area contributed by atoms with Gasteiger partial charge in [-0.15, -0.1) is 0 Å². The fraction of sp³-hybridized carbons (Fsp3) is 0.391. The van der Waals surface area contributed by atoms with E-state index in [0.29, 0.717) is 24.5 Å². The molecule has 1 N–H and O–H groups in total. The van der Waals surface area contributed by atoms with Gasteiger partial charge >= 0.3 is 5.97 Å². The number of carbonyl (C=O) groups is 2. The number of rotatable bonds is 8. The second-order valence-electron chi connectivity index (χ2n) is 7.63. The standard InChI is InChI=1S/C23H28N2O6S/c1-17(31-23(27)18(2)30-20-9-5-3-6-10-20)22(26)24-19-11-13-21(14-12-19)32(28,29)25-15-7-4-8-16-25/h3,5-6,9-14,17-18H,4,7-8,15-16H2,1-2H3,(H,24,26)/t17-,18+/m1/s1. The average Bonchev–Trinajstić information content (AvgIpc) is 2.80. The monoisotopic (exact) mass is 460 g/mol. The minimum atomic E-state index is -3.54. The van der Waals surface area contributed by atoms with Gasteiger partial charge in [0.2, 0.25) is 10.0 Å². The van der Waals surface area contributed by atoms with Crippen LogP contribution in [0.25, 0.3) is 0 Å². The lowest BCUT2D eigenvalue weighted by Crippen LogP contribution is -2.35. The van der Waals surface area contributed by atoms with Crippen LogP contribution >= 0.6 is 0 Å². The van der Waals surface area contributed by atoms with Gasteiger partial charge in [0.15, 0.2) is 12.2 Å². The maximum Gasteiger partial charge on any atom is 0.347 e. The van der Waals surface area contributed by atoms with Crippen molar-refractivity contribution in [1.29, 1.82) is 0 Å². The summed E-state index contributed by atoms with van der Waals surface area (Å²) in [5.74, 6) is -0.676. The van der Waals surface area contributed by atoms with Gasteiger partial charge < -0.3 is 14.8 Å². The Hall–Kier alpha value is -2.91. The fourth-order valence-electron chi connectivity index (χ4n) is 3.28. The first-order valence-electron chi connectivity index (χ1n) is 10.6. The number of ether oxygens (including phenoxy) is 2. The molecule has 0 saturated carbocycles. The van der Waals surface area contributed by atoms with Gasteiger partial charge in [-0.1, -0.05) is 24.6 Å². The number of benzene rings is 2. The Morgan fingerprint density at radius 3 is 2.16 bits per heavy atom. The summed E-state index contributed by atoms with van der Waals surface area (Å²) in [5, 5.41) is 2.63. The second kappa shape index (κ2) is 10.6. The zero-order valence-corrected chi connectivity index (χ0v) is 19.0. The van der Waals surface area contributed by atoms with Gasteiger partial charge in [-0.25, -0.2) is 13.2 Å². The lowest BCUT2D eigenvalue weighted by Gasteiger charge is -2.25. The Balaban J connectivity index is 1.54. The summed E-state index contributed by atoms with van der Waals surface area (Å²) in [6.45, 7) is 4.05. The van der Waals surface area contributed by atoms with E-state index in [-0.39, 0.29) is 4.90 Å². The van der Waals surface area contributed by atoms with Crippen LogP contribution in [0.1, 0.15) is 33.1 Å². The fourth-order valence-corrected chi connectivity index (χ4v) is 4.80. The van der Waals surface area contributed by atoms with E-state index in [1.807, 2.05) is 6.07 Å². The van der Waals surface area contributed by atoms with Gasteiger partial charge in [-0.05, 0) is 63.1 Å². The number of hydrogen-bond donors (Lipinski definition) is 1. The van der Waals surface area contributed by atoms with E-state index in [1.165, 1.54) is 35.5 Å². The predicted octanol–water partition coefficient (Wildman–Crippen LogP) is 3.20. The summed E-state index contributed by atoms with van der Waals surface area (Å²) < 4.78 is 37.6. The number of amides is 1. The molecule has 0 unspecified atom stereocenters. The Labute approximate surface area is 188 Å². The van der Waals surface area contributed by atoms with E-state index in [0.717, 1.165) is 19.3 Å². The van der Waals surface area contributed by atoms with Crippen molar-refractivity contribution in [3.63, 3.8) is 0 Å². The van der Waals surface area contributed by atoms with Gasteiger partial charge in [0.05, 0.1) is 4.90 Å². The Morgan fingerprint density at radius 2 is 1.53 bits per heavy atom. The molecule has 1 heterocycles. The van der Waals surface area contributed by atoms with E-state index in [2.05, 4.69) is 5.32 Å². The largest absolute Gasteiger partial charge is 0.479 e. The van der Waals surface area contributed by atoms with Gasteiger partial charge in [0, 0.05) is 18.8 Å². The van der Waals surface area contributed by atoms with E-state index >= 15 is 0 Å². The zero-order chi connectivity index (χ0) is 23.1. The molecule has 172 valence electrons. The number of nitrogens with one attached hydrogen (secondary N) is 1. The molecule has 8 nitrogen and oxygen atoms in total. The highest BCUT2D eigenvalue weighted by Crippen LogP contribution is 2.22. The molecule has 1 aliphatic heterocycles. The van der Waals surface area contributed by atoms with Crippen LogP contribution in [0.15, 0.2) is 59.5 Å². The summed E-state index contributed by atoms with van der Waals surface area (Å²) >= 11 is 0. The maximum atomic E-state index is 12.7. The average molecular weight is 461 g/mol. The molecular weight excluding hydrogens is 432 g/mol. The van der Waals surface area contributed by atoms with Crippen LogP contribution < -0.4 is 10.1 Å². The van der Waals surface area contributed by atoms with Gasteiger partial charge in [0.25, 0.3) is 5.91 Å². The van der Waals surface area contributed by atoms with Crippen molar-refractivity contribution >= 4 is 27.6 Å². The molecule has 0 bridgehead atoms. The molecule has 0 spiro atoms. The lowest BCUT2D eigenvalue weighted by atomic mass is 10.2. The van der Waals surface area contributed by atoms with Crippen molar-refractivity contribution in [2.75, 3.05) is 18.4 Å². The second-order valence-corrected chi connectivity index (χ2v) is 9.57. The maximum absolute atomic E-state index is 12.7. The van der Waals surface area contributed by atoms with Crippen molar-refractivity contribution in [2.24, 2.45) is 0 Å². The number of anilines is 1. The minimum Gasteiger partial charge on any atom is -0.479 e. The molecule has 32 heavy (non-hydrogen) atoms. The third-order valence-corrected chi connectivity index (χ3v) is 7.04. The minimum absolute atomic E-state index is 0.184. The Kier molecular flexibility index (Phi) is 7.87. The van der Waals surface area contributed by atoms with Crippen LogP contribution in [0.2, 0.25) is 0 Å². The molecule has 1 saturated heterocycles. The molecule has 9 heteroatoms. The molecule has 0 aliphatic carbocycles. The lowest BCUT2D eigenvalue weighted by molar-refractivity contribution is -0.159. The topological polar surface area (TPSA) is 102 Å². The first-order chi connectivity index (χ1) is 15.3. The molecule has 2 aromatic carbocycles. The molecule has 2 atom stereocenters. The quantitative estimate of drug-likeness (QED) is 0.607. The van der Waals surface area contributed by atoms with E-state index in [4.69, 9.17) is 9.47 Å². The number of carbonyl (C=O) groups excluding carboxylic acids is 2. The summed E-state index contributed by atoms with van der Waals surface area (Å²) in [7, 11) is -3.54. The number of hydrogen-bond acceptors (Lipinski definition) is 6. The number of sulfonamides is 1. The SMILES string of the molecule is C[C@H](Oc1ccccc1)C(=O)O[C@H](C)C(=O)Nc1ccc(S(=O)(=O)N2CCCCC2)cc1. The van der Waals surface area contributed by atoms with E-state index < -0.39 is 34.1 Å². The molecule has 0 radical (unpaired) electrons. The summed E-state index contributed by atoms with van der Waals surface area (Å²) in [5.41, 5.74) is 0.407. The van der Waals surface area contributed by atoms with Gasteiger partial charge in [0.1, 0.15) is 5.75 Å². The van der Waals surface area contributed by atoms with Crippen molar-refractivity contribution in [2.45, 2.75) is 50.2 Å². The van der Waals surface area contributed by atoms with Crippen LogP contribution in [0.5, 0.6) is 5.75 Å². The molecule has 0 aromatic heterocycles. The first kappa shape index (κ1) is 23.7. The van der Waals surface area contributed by atoms with Crippen LogP contribution in [0.4, 0.5) is 5.69 Å². The number of esters is 1. The normalized spacial score (nSPS) is 16.6. The van der Waals surface area contributed by atoms with Crippen molar-refractivity contribution in [3.8, 4) is 5.75 Å². The molecule has 1 amide bonds. The van der Waals surface area contributed by atoms with Crippen molar-refractivity contribution in [1.82, 2.24) is 4.31 Å². The molecular formula is C23H28N2O6S. The third-order valence-electron chi connectivity index (χ3n) is 5.12. The van der Waals surface area contributed by atoms with Gasteiger partial charge in [-0.3, -0.25) is 4.79 Å². The summed E-state index contributed by atoms with van der Waals surface area (Å²) in [4.78, 5) is 24.8. The highest BCUT2D eigenvalue weighted by molar-refractivity contribution is 7.89. The van der Waals surface area contributed by atoms with Crippen molar-refractivity contribution in [3.05, 3.63) is 54.6 Å². The molecule has 2 aromatic rings. The van der Waals surface area contributed by atoms with Crippen LogP contribution in [-0.4, -0.2) is 49.9 Å². The zero-order valence-electron chi connectivity index (χ0n) is 18.2. The van der Waals surface area contributed by atoms with Crippen LogP contribution in [0.3, 0.4) is 0 Å². The van der Waals surface area contributed by atoms with E-state index in [1.54, 1.807) is 31.2 Å². The summed E-state index contributed by atoms with van der Waals surface area (Å²) in [6, 6.07) is 14.8.